The molecule has 1 aliphatic carbocycles. The van der Waals surface area contributed by atoms with E-state index in [1.807, 2.05) is 0 Å². The molecule has 0 saturated carbocycles. The van der Waals surface area contributed by atoms with E-state index < -0.39 is 0 Å². The lowest BCUT2D eigenvalue weighted by molar-refractivity contribution is -0.717. The predicted octanol–water partition coefficient (Wildman–Crippen LogP) is 1.21. The van der Waals surface area contributed by atoms with Crippen molar-refractivity contribution in [2.24, 2.45) is 23.7 Å². The van der Waals surface area contributed by atoms with Crippen LogP contribution in [0, 0.1) is 23.7 Å². The molecule has 4 atom stereocenters. The van der Waals surface area contributed by atoms with Crippen molar-refractivity contribution in [2.75, 3.05) is 53.0 Å². The van der Waals surface area contributed by atoms with Crippen LogP contribution in [0.5, 0.6) is 0 Å². The lowest BCUT2D eigenvalue weighted by Crippen LogP contribution is -2.95. The highest BCUT2D eigenvalue weighted by Gasteiger charge is 2.34. The molecule has 2 amide bonds. The Bertz CT molecular complexity index is 652. The lowest BCUT2D eigenvalue weighted by Gasteiger charge is -2.40. The van der Waals surface area contributed by atoms with E-state index >= 15 is 0 Å². The fraction of sp³-hybridized carbons (Fsp3) is 0.840. The molecule has 2 heterocycles. The standard InChI is InChI=1S/C25H44N4O3/c1-18(2)22-14-20(19(3)13-21(22)16-27-24(30)17-32-4)15-25(31)29-11-9-28(10-12-29)23-7-5-6-8-26-23/h13,18,20-23,26H,5-12,14-17H2,1-4H3,(H,27,30)/p+1/t20-,21-,22-,23?/m0/s1. The number of nitrogens with one attached hydrogen (secondary N) is 1. The van der Waals surface area contributed by atoms with Crippen LogP contribution in [-0.2, 0) is 14.3 Å². The number of amides is 2. The molecule has 0 bridgehead atoms. The highest BCUT2D eigenvalue weighted by Crippen LogP contribution is 2.39. The van der Waals surface area contributed by atoms with Crippen molar-refractivity contribution < 1.29 is 19.6 Å². The van der Waals surface area contributed by atoms with Gasteiger partial charge in [-0.05, 0) is 49.9 Å². The minimum atomic E-state index is -0.0664. The van der Waals surface area contributed by atoms with Crippen LogP contribution < -0.4 is 10.6 Å². The summed E-state index contributed by atoms with van der Waals surface area (Å²) in [5.41, 5.74) is 1.30. The van der Waals surface area contributed by atoms with Gasteiger partial charge in [-0.1, -0.05) is 25.5 Å². The Kier molecular flexibility index (Phi) is 9.56. The van der Waals surface area contributed by atoms with Gasteiger partial charge in [0.05, 0.1) is 6.54 Å². The summed E-state index contributed by atoms with van der Waals surface area (Å²) in [5.74, 6) is 1.85. The van der Waals surface area contributed by atoms with Crippen LogP contribution in [0.4, 0.5) is 0 Å². The summed E-state index contributed by atoms with van der Waals surface area (Å²) in [4.78, 5) is 29.6. The third kappa shape index (κ3) is 6.78. The Morgan fingerprint density at radius 2 is 1.97 bits per heavy atom. The van der Waals surface area contributed by atoms with Gasteiger partial charge in [0.1, 0.15) is 12.8 Å². The summed E-state index contributed by atoms with van der Waals surface area (Å²) in [7, 11) is 1.54. The number of nitrogens with zero attached hydrogens (tertiary/aromatic N) is 2. The second-order valence-electron chi connectivity index (χ2n) is 10.4. The second-order valence-corrected chi connectivity index (χ2v) is 10.4. The van der Waals surface area contributed by atoms with Crippen molar-refractivity contribution in [3.63, 3.8) is 0 Å². The Morgan fingerprint density at radius 1 is 1.22 bits per heavy atom. The normalized spacial score (nSPS) is 29.7. The van der Waals surface area contributed by atoms with Crippen LogP contribution in [0.2, 0.25) is 0 Å². The first-order chi connectivity index (χ1) is 15.4. The van der Waals surface area contributed by atoms with Crippen LogP contribution in [0.3, 0.4) is 0 Å². The van der Waals surface area contributed by atoms with Crippen molar-refractivity contribution in [2.45, 2.75) is 59.0 Å². The minimum Gasteiger partial charge on any atom is -0.375 e. The van der Waals surface area contributed by atoms with Gasteiger partial charge in [0, 0.05) is 52.7 Å². The van der Waals surface area contributed by atoms with Gasteiger partial charge in [-0.2, -0.15) is 0 Å². The first kappa shape index (κ1) is 25.2. The Balaban J connectivity index is 1.52. The number of nitrogens with two attached hydrogens (primary N) is 1. The molecule has 0 aromatic rings. The van der Waals surface area contributed by atoms with Gasteiger partial charge in [0.15, 0.2) is 0 Å². The van der Waals surface area contributed by atoms with E-state index in [2.05, 4.69) is 47.3 Å². The summed E-state index contributed by atoms with van der Waals surface area (Å²) in [5, 5.41) is 5.49. The molecule has 0 aromatic carbocycles. The molecule has 0 radical (unpaired) electrons. The van der Waals surface area contributed by atoms with Gasteiger partial charge in [-0.3, -0.25) is 14.5 Å². The Hall–Kier alpha value is -1.44. The zero-order valence-corrected chi connectivity index (χ0v) is 20.6. The number of piperazine rings is 1. The van der Waals surface area contributed by atoms with E-state index in [0.29, 0.717) is 48.7 Å². The molecule has 2 aliphatic heterocycles. The zero-order chi connectivity index (χ0) is 23.1. The average molecular weight is 450 g/mol. The van der Waals surface area contributed by atoms with Crippen molar-refractivity contribution >= 4 is 11.8 Å². The number of piperidine rings is 1. The fourth-order valence-corrected chi connectivity index (χ4v) is 5.82. The van der Waals surface area contributed by atoms with E-state index in [0.717, 1.165) is 32.6 Å². The molecule has 3 aliphatic rings. The van der Waals surface area contributed by atoms with Gasteiger partial charge < -0.3 is 20.3 Å². The highest BCUT2D eigenvalue weighted by atomic mass is 16.5. The first-order valence-corrected chi connectivity index (χ1v) is 12.7. The largest absolute Gasteiger partial charge is 0.375 e. The first-order valence-electron chi connectivity index (χ1n) is 12.7. The molecule has 0 spiro atoms. The summed E-state index contributed by atoms with van der Waals surface area (Å²) in [6.07, 6.45) is 8.53. The van der Waals surface area contributed by atoms with E-state index in [1.165, 1.54) is 38.5 Å². The molecule has 1 unspecified atom stereocenters. The number of carbonyl (C=O) groups is 2. The van der Waals surface area contributed by atoms with Crippen LogP contribution >= 0.6 is 0 Å². The quantitative estimate of drug-likeness (QED) is 0.546. The van der Waals surface area contributed by atoms with Gasteiger partial charge in [-0.25, -0.2) is 0 Å². The molecule has 7 heteroatoms. The predicted molar refractivity (Wildman–Crippen MR) is 126 cm³/mol. The second kappa shape index (κ2) is 12.1. The van der Waals surface area contributed by atoms with Gasteiger partial charge in [-0.15, -0.1) is 0 Å². The van der Waals surface area contributed by atoms with Crippen molar-refractivity contribution in [3.05, 3.63) is 11.6 Å². The number of allylic oxidation sites excluding steroid dienone is 1. The van der Waals surface area contributed by atoms with E-state index in [-0.39, 0.29) is 12.5 Å². The third-order valence-corrected chi connectivity index (χ3v) is 7.84. The number of hydrogen-bond acceptors (Lipinski definition) is 4. The molecule has 32 heavy (non-hydrogen) atoms. The maximum absolute atomic E-state index is 13.1. The average Bonchev–Trinajstić information content (AvgIpc) is 2.79. The topological polar surface area (TPSA) is 78.5 Å². The van der Waals surface area contributed by atoms with Crippen LogP contribution in [0.1, 0.15) is 52.9 Å². The van der Waals surface area contributed by atoms with Crippen molar-refractivity contribution in [3.8, 4) is 0 Å². The molecule has 182 valence electrons. The number of ether oxygens (including phenoxy) is 1. The molecule has 3 rings (SSSR count). The summed E-state index contributed by atoms with van der Waals surface area (Å²) in [6, 6.07) is 0. The Morgan fingerprint density at radius 3 is 2.59 bits per heavy atom. The van der Waals surface area contributed by atoms with E-state index in [4.69, 9.17) is 4.74 Å². The number of hydrogen-bond donors (Lipinski definition) is 2. The molecular weight excluding hydrogens is 404 g/mol. The van der Waals surface area contributed by atoms with Crippen molar-refractivity contribution in [1.29, 1.82) is 0 Å². The highest BCUT2D eigenvalue weighted by molar-refractivity contribution is 5.77. The SMILES string of the molecule is COCC(=O)NC[C@@H]1C=C(C)[C@H](CC(=O)N2CCN(C3CCCC[NH2+]3)CC2)C[C@H]1C(C)C. The molecule has 3 N–H and O–H groups in total. The van der Waals surface area contributed by atoms with Gasteiger partial charge >= 0.3 is 0 Å². The molecule has 7 nitrogen and oxygen atoms in total. The van der Waals surface area contributed by atoms with Gasteiger partial charge in [0.25, 0.3) is 0 Å². The summed E-state index contributed by atoms with van der Waals surface area (Å²) in [6.45, 7) is 12.4. The zero-order valence-electron chi connectivity index (χ0n) is 20.6. The van der Waals surface area contributed by atoms with Crippen LogP contribution in [0.15, 0.2) is 11.6 Å². The number of quaternary nitrogens is 1. The summed E-state index contributed by atoms with van der Waals surface area (Å²) >= 11 is 0. The monoisotopic (exact) mass is 449 g/mol. The Labute approximate surface area is 194 Å². The maximum Gasteiger partial charge on any atom is 0.246 e. The summed E-state index contributed by atoms with van der Waals surface area (Å²) < 4.78 is 4.92. The number of methoxy groups -OCH3 is 1. The minimum absolute atomic E-state index is 0.0664. The smallest absolute Gasteiger partial charge is 0.246 e. The lowest BCUT2D eigenvalue weighted by atomic mass is 9.69. The third-order valence-electron chi connectivity index (χ3n) is 7.84. The van der Waals surface area contributed by atoms with E-state index in [1.54, 1.807) is 0 Å². The number of rotatable bonds is 8. The maximum atomic E-state index is 13.1. The molecular formula is C25H45N4O3+. The molecule has 2 saturated heterocycles. The fourth-order valence-electron chi connectivity index (χ4n) is 5.82. The van der Waals surface area contributed by atoms with Crippen LogP contribution in [0.25, 0.3) is 0 Å². The molecule has 0 aromatic heterocycles. The molecule has 2 fully saturated rings. The van der Waals surface area contributed by atoms with Crippen molar-refractivity contribution in [1.82, 2.24) is 15.1 Å². The van der Waals surface area contributed by atoms with Crippen LogP contribution in [-0.4, -0.2) is 80.8 Å². The van der Waals surface area contributed by atoms with E-state index in [9.17, 15) is 9.59 Å². The number of carbonyl (C=O) groups excluding carboxylic acids is 2. The van der Waals surface area contributed by atoms with Gasteiger partial charge in [0.2, 0.25) is 11.8 Å².